The lowest BCUT2D eigenvalue weighted by atomic mass is 9.99. The average molecular weight is 371 g/mol. The Balaban J connectivity index is 1.56. The summed E-state index contributed by atoms with van der Waals surface area (Å²) in [5.74, 6) is 0.120. The summed E-state index contributed by atoms with van der Waals surface area (Å²) in [6.07, 6.45) is 1.99. The molecule has 27 heavy (non-hydrogen) atoms. The minimum atomic E-state index is -1.31. The van der Waals surface area contributed by atoms with Crippen LogP contribution in [0.2, 0.25) is 0 Å². The Kier molecular flexibility index (Phi) is 5.16. The molecule has 2 N–H and O–H groups in total. The number of carbonyl (C=O) groups excluding carboxylic acids is 3. The van der Waals surface area contributed by atoms with Crippen LogP contribution in [0.4, 0.5) is 4.79 Å². The number of benzene rings is 1. The third-order valence-electron chi connectivity index (χ3n) is 4.50. The van der Waals surface area contributed by atoms with Gasteiger partial charge in [0.15, 0.2) is 5.54 Å². The summed E-state index contributed by atoms with van der Waals surface area (Å²) in [5.41, 5.74) is -0.348. The van der Waals surface area contributed by atoms with Gasteiger partial charge >= 0.3 is 6.03 Å². The number of hydrogen-bond donors (Lipinski definition) is 2. The largest absolute Gasteiger partial charge is 0.496 e. The highest BCUT2D eigenvalue weighted by Crippen LogP contribution is 2.28. The second-order valence-electron chi connectivity index (χ2n) is 6.34. The van der Waals surface area contributed by atoms with Crippen LogP contribution < -0.4 is 15.4 Å². The molecule has 1 aromatic heterocycles. The smallest absolute Gasteiger partial charge is 0.325 e. The molecule has 4 amide bonds. The minimum Gasteiger partial charge on any atom is -0.496 e. The van der Waals surface area contributed by atoms with Gasteiger partial charge in [0, 0.05) is 6.54 Å². The van der Waals surface area contributed by atoms with Gasteiger partial charge in [0.25, 0.3) is 5.91 Å². The van der Waals surface area contributed by atoms with Crippen molar-refractivity contribution in [3.05, 3.63) is 54.0 Å². The third kappa shape index (κ3) is 3.64. The van der Waals surface area contributed by atoms with E-state index in [-0.39, 0.29) is 6.54 Å². The number of imide groups is 1. The Bertz CT molecular complexity index is 849. The molecule has 1 atom stereocenters. The number of nitrogens with zero attached hydrogens (tertiary/aromatic N) is 1. The standard InChI is InChI=1S/C19H21N3O5/c1-19(15-8-5-11-27-15)17(24)22(18(25)21-19)12-16(23)20-10-9-13-6-3-4-7-14(13)26-2/h3-8,11H,9-10,12H2,1-2H3,(H,20,23)(H,21,25). The lowest BCUT2D eigenvalue weighted by Gasteiger charge is -2.18. The zero-order valence-corrected chi connectivity index (χ0v) is 15.2. The molecule has 1 aliphatic heterocycles. The van der Waals surface area contributed by atoms with Crippen LogP contribution in [0.15, 0.2) is 47.1 Å². The average Bonchev–Trinajstić information content (AvgIpc) is 3.27. The highest BCUT2D eigenvalue weighted by molar-refractivity contribution is 6.08. The molecular formula is C19H21N3O5. The van der Waals surface area contributed by atoms with Crippen LogP contribution in [0.5, 0.6) is 5.75 Å². The first kappa shape index (κ1) is 18.5. The van der Waals surface area contributed by atoms with E-state index in [0.29, 0.717) is 18.7 Å². The zero-order valence-electron chi connectivity index (χ0n) is 15.2. The van der Waals surface area contributed by atoms with Gasteiger partial charge in [-0.25, -0.2) is 4.79 Å². The van der Waals surface area contributed by atoms with Gasteiger partial charge in [-0.05, 0) is 37.1 Å². The molecule has 0 saturated carbocycles. The molecule has 0 spiro atoms. The predicted molar refractivity (Wildman–Crippen MR) is 96.0 cm³/mol. The van der Waals surface area contributed by atoms with E-state index in [2.05, 4.69) is 10.6 Å². The van der Waals surface area contributed by atoms with Gasteiger partial charge in [-0.2, -0.15) is 0 Å². The van der Waals surface area contributed by atoms with Crippen molar-refractivity contribution in [3.8, 4) is 5.75 Å². The van der Waals surface area contributed by atoms with Crippen LogP contribution in [0.25, 0.3) is 0 Å². The van der Waals surface area contributed by atoms with Crippen molar-refractivity contribution >= 4 is 17.8 Å². The second kappa shape index (κ2) is 7.53. The fourth-order valence-corrected chi connectivity index (χ4v) is 3.02. The van der Waals surface area contributed by atoms with Crippen LogP contribution in [0, 0.1) is 0 Å². The van der Waals surface area contributed by atoms with Gasteiger partial charge in [-0.1, -0.05) is 18.2 Å². The van der Waals surface area contributed by atoms with Crippen LogP contribution in [0.1, 0.15) is 18.2 Å². The Hall–Kier alpha value is -3.29. The van der Waals surface area contributed by atoms with Crippen molar-refractivity contribution in [3.63, 3.8) is 0 Å². The monoisotopic (exact) mass is 371 g/mol. The fraction of sp³-hybridized carbons (Fsp3) is 0.316. The first-order valence-electron chi connectivity index (χ1n) is 8.52. The number of urea groups is 1. The maximum absolute atomic E-state index is 12.6. The van der Waals surface area contributed by atoms with Gasteiger partial charge in [0.2, 0.25) is 5.91 Å². The second-order valence-corrected chi connectivity index (χ2v) is 6.34. The van der Waals surface area contributed by atoms with Crippen molar-refractivity contribution in [2.45, 2.75) is 18.9 Å². The van der Waals surface area contributed by atoms with Crippen molar-refractivity contribution in [1.29, 1.82) is 0 Å². The predicted octanol–water partition coefficient (Wildman–Crippen LogP) is 1.41. The first-order chi connectivity index (χ1) is 13.0. The van der Waals surface area contributed by atoms with Gasteiger partial charge in [-0.3, -0.25) is 14.5 Å². The summed E-state index contributed by atoms with van der Waals surface area (Å²) in [7, 11) is 1.59. The molecule has 1 unspecified atom stereocenters. The number of nitrogens with one attached hydrogen (secondary N) is 2. The van der Waals surface area contributed by atoms with Gasteiger partial charge in [0.05, 0.1) is 13.4 Å². The topological polar surface area (TPSA) is 101 Å². The van der Waals surface area contributed by atoms with E-state index in [1.54, 1.807) is 26.2 Å². The van der Waals surface area contributed by atoms with E-state index in [0.717, 1.165) is 16.2 Å². The van der Waals surface area contributed by atoms with Crippen molar-refractivity contribution < 1.29 is 23.5 Å². The maximum Gasteiger partial charge on any atom is 0.325 e. The highest BCUT2D eigenvalue weighted by atomic mass is 16.5. The van der Waals surface area contributed by atoms with Crippen molar-refractivity contribution in [2.24, 2.45) is 0 Å². The molecule has 1 aromatic carbocycles. The van der Waals surface area contributed by atoms with E-state index < -0.39 is 23.4 Å². The van der Waals surface area contributed by atoms with Gasteiger partial charge < -0.3 is 19.8 Å². The molecule has 1 aliphatic rings. The van der Waals surface area contributed by atoms with E-state index >= 15 is 0 Å². The molecule has 142 valence electrons. The molecule has 1 saturated heterocycles. The SMILES string of the molecule is COc1ccccc1CCNC(=O)CN1C(=O)NC(C)(c2ccco2)C1=O. The highest BCUT2D eigenvalue weighted by Gasteiger charge is 2.51. The molecule has 3 rings (SSSR count). The van der Waals surface area contributed by atoms with Crippen molar-refractivity contribution in [1.82, 2.24) is 15.5 Å². The zero-order chi connectivity index (χ0) is 19.4. The minimum absolute atomic E-state index is 0.319. The van der Waals surface area contributed by atoms with Crippen LogP contribution in [-0.4, -0.2) is 42.9 Å². The summed E-state index contributed by atoms with van der Waals surface area (Å²) < 4.78 is 10.5. The molecule has 8 heteroatoms. The number of methoxy groups -OCH3 is 1. The van der Waals surface area contributed by atoms with Gasteiger partial charge in [0.1, 0.15) is 18.1 Å². The number of ether oxygens (including phenoxy) is 1. The lowest BCUT2D eigenvalue weighted by Crippen LogP contribution is -2.43. The van der Waals surface area contributed by atoms with Crippen LogP contribution in [0.3, 0.4) is 0 Å². The number of carbonyl (C=O) groups is 3. The number of para-hydroxylation sites is 1. The van der Waals surface area contributed by atoms with E-state index in [9.17, 15) is 14.4 Å². The Morgan fingerprint density at radius 2 is 2.04 bits per heavy atom. The van der Waals surface area contributed by atoms with Gasteiger partial charge in [-0.15, -0.1) is 0 Å². The number of hydrogen-bond acceptors (Lipinski definition) is 5. The van der Waals surface area contributed by atoms with Crippen LogP contribution in [-0.2, 0) is 21.5 Å². The van der Waals surface area contributed by atoms with E-state index in [1.165, 1.54) is 6.26 Å². The molecule has 2 aromatic rings. The van der Waals surface area contributed by atoms with E-state index in [4.69, 9.17) is 9.15 Å². The number of rotatable bonds is 7. The van der Waals surface area contributed by atoms with E-state index in [1.807, 2.05) is 24.3 Å². The molecule has 1 fully saturated rings. The maximum atomic E-state index is 12.6. The number of amides is 4. The Labute approximate surface area is 156 Å². The summed E-state index contributed by atoms with van der Waals surface area (Å²) in [6.45, 7) is 1.55. The van der Waals surface area contributed by atoms with Crippen molar-refractivity contribution in [2.75, 3.05) is 20.2 Å². The normalized spacial score (nSPS) is 19.1. The Morgan fingerprint density at radius 3 is 2.74 bits per heavy atom. The molecule has 2 heterocycles. The molecule has 0 bridgehead atoms. The summed E-state index contributed by atoms with van der Waals surface area (Å²) in [4.78, 5) is 37.9. The quantitative estimate of drug-likeness (QED) is 0.717. The van der Waals surface area contributed by atoms with Crippen LogP contribution >= 0.6 is 0 Å². The summed E-state index contributed by atoms with van der Waals surface area (Å²) >= 11 is 0. The lowest BCUT2D eigenvalue weighted by molar-refractivity contribution is -0.135. The molecular weight excluding hydrogens is 350 g/mol. The summed E-state index contributed by atoms with van der Waals surface area (Å²) in [5, 5.41) is 5.30. The first-order valence-corrected chi connectivity index (χ1v) is 8.52. The molecule has 0 radical (unpaired) electrons. The fourth-order valence-electron chi connectivity index (χ4n) is 3.02. The molecule has 0 aliphatic carbocycles. The number of furan rings is 1. The molecule has 8 nitrogen and oxygen atoms in total. The summed E-state index contributed by atoms with van der Waals surface area (Å²) in [6, 6.07) is 10.1. The third-order valence-corrected chi connectivity index (χ3v) is 4.50. The Morgan fingerprint density at radius 1 is 1.26 bits per heavy atom.